The molecule has 0 saturated carbocycles. The molecular weight excluding hydrogens is 236 g/mol. The molecule has 0 saturated heterocycles. The molecule has 0 radical (unpaired) electrons. The maximum absolute atomic E-state index is 8.92. The Labute approximate surface area is 113 Å². The molecule has 2 atom stereocenters. The first-order chi connectivity index (χ1) is 9.00. The minimum Gasteiger partial charge on any atom is -0.491 e. The Balaban J connectivity index is 2.11. The van der Waals surface area contributed by atoms with Crippen LogP contribution in [0.4, 0.5) is 0 Å². The van der Waals surface area contributed by atoms with Crippen LogP contribution in [-0.2, 0) is 0 Å². The number of fused-ring (bicyclic) bond motifs is 1. The molecule has 2 aromatic carbocycles. The third kappa shape index (κ3) is 3.46. The molecule has 2 N–H and O–H groups in total. The number of hydrogen-bond acceptors (Lipinski definition) is 3. The van der Waals surface area contributed by atoms with Gasteiger partial charge in [-0.25, -0.2) is 0 Å². The molecule has 2 unspecified atom stereocenters. The van der Waals surface area contributed by atoms with E-state index in [1.807, 2.05) is 37.3 Å². The van der Waals surface area contributed by atoms with Crippen molar-refractivity contribution in [1.82, 2.24) is 0 Å². The molecule has 0 bridgehead atoms. The first-order valence-corrected chi connectivity index (χ1v) is 6.36. The number of rotatable bonds is 4. The summed E-state index contributed by atoms with van der Waals surface area (Å²) in [4.78, 5) is 0. The molecule has 0 aliphatic carbocycles. The van der Waals surface area contributed by atoms with Gasteiger partial charge >= 0.3 is 0 Å². The molecule has 0 aliphatic heterocycles. The van der Waals surface area contributed by atoms with Crippen LogP contribution in [0.2, 0.25) is 0 Å². The van der Waals surface area contributed by atoms with Crippen molar-refractivity contribution in [1.29, 1.82) is 5.26 Å². The summed E-state index contributed by atoms with van der Waals surface area (Å²) in [7, 11) is 0. The van der Waals surface area contributed by atoms with Crippen molar-refractivity contribution in [2.75, 3.05) is 0 Å². The van der Waals surface area contributed by atoms with Crippen LogP contribution < -0.4 is 10.5 Å². The Morgan fingerprint density at radius 2 is 1.95 bits per heavy atom. The fourth-order valence-electron chi connectivity index (χ4n) is 2.16. The lowest BCUT2D eigenvalue weighted by Gasteiger charge is -2.21. The van der Waals surface area contributed by atoms with E-state index in [1.54, 1.807) is 6.92 Å². The van der Waals surface area contributed by atoms with Gasteiger partial charge in [-0.3, -0.25) is 0 Å². The molecule has 2 rings (SSSR count). The third-order valence-corrected chi connectivity index (χ3v) is 3.03. The Kier molecular flexibility index (Phi) is 3.73. The smallest absolute Gasteiger partial charge is 0.120 e. The zero-order chi connectivity index (χ0) is 13.9. The van der Waals surface area contributed by atoms with E-state index in [0.29, 0.717) is 6.42 Å². The van der Waals surface area contributed by atoms with Crippen molar-refractivity contribution in [3.8, 4) is 11.8 Å². The molecule has 98 valence electrons. The standard InChI is InChI=1S/C16H18N2O/c1-12(10-16(2,18)11-17)19-15-8-7-13-5-3-4-6-14(13)9-15/h3-9,12H,10,18H2,1-2H3. The monoisotopic (exact) mass is 254 g/mol. The van der Waals surface area contributed by atoms with Gasteiger partial charge in [0, 0.05) is 6.42 Å². The van der Waals surface area contributed by atoms with Crippen LogP contribution in [0.15, 0.2) is 42.5 Å². The first-order valence-electron chi connectivity index (χ1n) is 6.36. The summed E-state index contributed by atoms with van der Waals surface area (Å²) >= 11 is 0. The predicted octanol–water partition coefficient (Wildman–Crippen LogP) is 3.24. The number of hydrogen-bond donors (Lipinski definition) is 1. The van der Waals surface area contributed by atoms with Crippen molar-refractivity contribution in [3.05, 3.63) is 42.5 Å². The molecule has 3 nitrogen and oxygen atoms in total. The summed E-state index contributed by atoms with van der Waals surface area (Å²) in [6.45, 7) is 3.64. The topological polar surface area (TPSA) is 59.0 Å². The van der Waals surface area contributed by atoms with Crippen LogP contribution in [0.5, 0.6) is 5.75 Å². The average molecular weight is 254 g/mol. The Bertz CT molecular complexity index is 613. The number of nitrogens with zero attached hydrogens (tertiary/aromatic N) is 1. The Morgan fingerprint density at radius 1 is 1.26 bits per heavy atom. The van der Waals surface area contributed by atoms with E-state index in [0.717, 1.165) is 11.1 Å². The summed E-state index contributed by atoms with van der Waals surface area (Å²) < 4.78 is 5.83. The zero-order valence-corrected chi connectivity index (χ0v) is 11.3. The highest BCUT2D eigenvalue weighted by molar-refractivity contribution is 5.83. The molecule has 0 heterocycles. The third-order valence-electron chi connectivity index (χ3n) is 3.03. The lowest BCUT2D eigenvalue weighted by atomic mass is 9.98. The second kappa shape index (κ2) is 5.29. The Morgan fingerprint density at radius 3 is 2.63 bits per heavy atom. The number of benzene rings is 2. The lowest BCUT2D eigenvalue weighted by Crippen LogP contribution is -2.38. The molecule has 3 heteroatoms. The molecule has 0 aliphatic rings. The maximum atomic E-state index is 8.92. The van der Waals surface area contributed by atoms with E-state index in [-0.39, 0.29) is 6.10 Å². The van der Waals surface area contributed by atoms with E-state index < -0.39 is 5.54 Å². The van der Waals surface area contributed by atoms with Gasteiger partial charge in [0.15, 0.2) is 0 Å². The van der Waals surface area contributed by atoms with Crippen molar-refractivity contribution in [2.24, 2.45) is 5.73 Å². The van der Waals surface area contributed by atoms with Crippen LogP contribution in [0, 0.1) is 11.3 Å². The van der Waals surface area contributed by atoms with Crippen LogP contribution in [-0.4, -0.2) is 11.6 Å². The second-order valence-corrected chi connectivity index (χ2v) is 5.17. The fraction of sp³-hybridized carbons (Fsp3) is 0.312. The van der Waals surface area contributed by atoms with E-state index in [1.165, 1.54) is 5.39 Å². The van der Waals surface area contributed by atoms with Crippen LogP contribution in [0.3, 0.4) is 0 Å². The fourth-order valence-corrected chi connectivity index (χ4v) is 2.16. The minimum atomic E-state index is -0.851. The van der Waals surface area contributed by atoms with Gasteiger partial charge in [0.25, 0.3) is 0 Å². The maximum Gasteiger partial charge on any atom is 0.120 e. The average Bonchev–Trinajstić information content (AvgIpc) is 2.38. The van der Waals surface area contributed by atoms with Gasteiger partial charge in [-0.1, -0.05) is 30.3 Å². The van der Waals surface area contributed by atoms with Crippen molar-refractivity contribution in [3.63, 3.8) is 0 Å². The van der Waals surface area contributed by atoms with Crippen LogP contribution >= 0.6 is 0 Å². The van der Waals surface area contributed by atoms with Gasteiger partial charge < -0.3 is 10.5 Å². The molecular formula is C16H18N2O. The van der Waals surface area contributed by atoms with Crippen molar-refractivity contribution in [2.45, 2.75) is 31.9 Å². The summed E-state index contributed by atoms with van der Waals surface area (Å²) in [6.07, 6.45) is 0.395. The van der Waals surface area contributed by atoms with Gasteiger partial charge in [-0.15, -0.1) is 0 Å². The normalized spacial score (nSPS) is 15.5. The summed E-state index contributed by atoms with van der Waals surface area (Å²) in [5.41, 5.74) is 4.97. The quantitative estimate of drug-likeness (QED) is 0.911. The Hall–Kier alpha value is -2.05. The van der Waals surface area contributed by atoms with Gasteiger partial charge in [0.2, 0.25) is 0 Å². The molecule has 2 aromatic rings. The van der Waals surface area contributed by atoms with Crippen molar-refractivity contribution >= 4 is 10.8 Å². The highest BCUT2D eigenvalue weighted by Crippen LogP contribution is 2.22. The van der Waals surface area contributed by atoms with Crippen molar-refractivity contribution < 1.29 is 4.74 Å². The van der Waals surface area contributed by atoms with Gasteiger partial charge in [0.1, 0.15) is 11.3 Å². The van der Waals surface area contributed by atoms with Crippen LogP contribution in [0.1, 0.15) is 20.3 Å². The highest BCUT2D eigenvalue weighted by atomic mass is 16.5. The molecule has 0 aromatic heterocycles. The minimum absolute atomic E-state index is 0.101. The van der Waals surface area contributed by atoms with E-state index >= 15 is 0 Å². The first kappa shape index (κ1) is 13.4. The second-order valence-electron chi connectivity index (χ2n) is 5.17. The molecule has 0 amide bonds. The zero-order valence-electron chi connectivity index (χ0n) is 11.3. The number of nitrogens with two attached hydrogens (primary N) is 1. The number of nitriles is 1. The largest absolute Gasteiger partial charge is 0.491 e. The molecule has 0 fully saturated rings. The molecule has 19 heavy (non-hydrogen) atoms. The van der Waals surface area contributed by atoms with E-state index in [2.05, 4.69) is 18.2 Å². The highest BCUT2D eigenvalue weighted by Gasteiger charge is 2.21. The van der Waals surface area contributed by atoms with Gasteiger partial charge in [-0.05, 0) is 36.8 Å². The van der Waals surface area contributed by atoms with E-state index in [4.69, 9.17) is 15.7 Å². The SMILES string of the molecule is CC(CC(C)(N)C#N)Oc1ccc2ccccc2c1. The lowest BCUT2D eigenvalue weighted by molar-refractivity contribution is 0.191. The summed E-state index contributed by atoms with van der Waals surface area (Å²) in [6, 6.07) is 16.2. The number of ether oxygens (including phenoxy) is 1. The van der Waals surface area contributed by atoms with Crippen LogP contribution in [0.25, 0.3) is 10.8 Å². The van der Waals surface area contributed by atoms with Gasteiger partial charge in [0.05, 0.1) is 12.2 Å². The summed E-state index contributed by atoms with van der Waals surface area (Å²) in [5.74, 6) is 0.805. The molecule has 0 spiro atoms. The van der Waals surface area contributed by atoms with Gasteiger partial charge in [-0.2, -0.15) is 5.26 Å². The predicted molar refractivity (Wildman–Crippen MR) is 76.9 cm³/mol. The summed E-state index contributed by atoms with van der Waals surface area (Å²) in [5, 5.41) is 11.2. The van der Waals surface area contributed by atoms with E-state index in [9.17, 15) is 0 Å².